The number of hydrogen-bond donors (Lipinski definition) is 0. The SMILES string of the molecule is C1=CC2C=Cc3c(c4cc(C5=C6OC7C=CC=CC7C6CC=C5)ccc4n3-c3ccc(C4N=C(C5C=C([Si](C6=CCCC=C6)c6ccccc6)C=CC5)C5C(c6ccccc6)N45)cc3)C2C=C1. The van der Waals surface area contributed by atoms with Gasteiger partial charge < -0.3 is 9.30 Å². The molecule has 325 valence electrons. The van der Waals surface area contributed by atoms with E-state index in [1.807, 2.05) is 0 Å². The summed E-state index contributed by atoms with van der Waals surface area (Å²) in [6.07, 6.45) is 46.6. The fourth-order valence-corrected chi connectivity index (χ4v) is 15.6. The number of fused-ring (bicyclic) bond motifs is 9. The molecule has 4 aromatic carbocycles. The first kappa shape index (κ1) is 39.4. The lowest BCUT2D eigenvalue weighted by Crippen LogP contribution is -2.36. The number of allylic oxidation sites excluding steroid dienone is 19. The summed E-state index contributed by atoms with van der Waals surface area (Å²) in [6, 6.07) is 39.5. The lowest BCUT2D eigenvalue weighted by molar-refractivity contribution is 0.186. The topological polar surface area (TPSA) is 29.5 Å². The highest BCUT2D eigenvalue weighted by molar-refractivity contribution is 6.87. The van der Waals surface area contributed by atoms with Gasteiger partial charge in [-0.2, -0.15) is 0 Å². The van der Waals surface area contributed by atoms with E-state index < -0.39 is 8.80 Å². The summed E-state index contributed by atoms with van der Waals surface area (Å²) < 4.78 is 9.25. The summed E-state index contributed by atoms with van der Waals surface area (Å²) in [5, 5.41) is 5.75. The summed E-state index contributed by atoms with van der Waals surface area (Å²) in [7, 11) is -1.14. The molecule has 10 atom stereocenters. The highest BCUT2D eigenvalue weighted by Gasteiger charge is 2.60. The molecule has 3 aliphatic heterocycles. The van der Waals surface area contributed by atoms with E-state index in [1.165, 1.54) is 71.4 Å². The van der Waals surface area contributed by atoms with E-state index in [4.69, 9.17) is 9.73 Å². The van der Waals surface area contributed by atoms with Crippen LogP contribution in [0.25, 0.3) is 28.2 Å². The molecule has 14 rings (SSSR count). The minimum Gasteiger partial charge on any atom is -0.489 e. The van der Waals surface area contributed by atoms with Crippen LogP contribution in [-0.4, -0.2) is 36.1 Å². The van der Waals surface area contributed by atoms with E-state index in [2.05, 4.69) is 222 Å². The maximum Gasteiger partial charge on any atom is 0.153 e. The molecule has 4 nitrogen and oxygen atoms in total. The highest BCUT2D eigenvalue weighted by Crippen LogP contribution is 2.57. The first-order valence-corrected chi connectivity index (χ1v) is 26.1. The van der Waals surface area contributed by atoms with Crippen LogP contribution in [0.2, 0.25) is 0 Å². The predicted octanol–water partition coefficient (Wildman–Crippen LogP) is 13.0. The third-order valence-corrected chi connectivity index (χ3v) is 18.6. The van der Waals surface area contributed by atoms with Crippen LogP contribution in [0.1, 0.15) is 71.8 Å². The summed E-state index contributed by atoms with van der Waals surface area (Å²) >= 11 is 0. The maximum absolute atomic E-state index is 6.74. The molecular weight excluding hydrogens is 831 g/mol. The number of benzene rings is 4. The van der Waals surface area contributed by atoms with Gasteiger partial charge in [0.2, 0.25) is 0 Å². The van der Waals surface area contributed by atoms with Crippen molar-refractivity contribution < 1.29 is 4.74 Å². The van der Waals surface area contributed by atoms with Crippen molar-refractivity contribution in [2.75, 3.05) is 0 Å². The van der Waals surface area contributed by atoms with Crippen molar-refractivity contribution in [1.82, 2.24) is 9.47 Å². The Bertz CT molecular complexity index is 3220. The number of rotatable bonds is 8. The van der Waals surface area contributed by atoms with Gasteiger partial charge in [-0.15, -0.1) is 0 Å². The van der Waals surface area contributed by atoms with E-state index in [1.54, 1.807) is 0 Å². The van der Waals surface area contributed by atoms with E-state index in [-0.39, 0.29) is 24.1 Å². The second kappa shape index (κ2) is 15.9. The summed E-state index contributed by atoms with van der Waals surface area (Å²) in [5.74, 6) is 2.82. The van der Waals surface area contributed by atoms with Crippen molar-refractivity contribution in [2.24, 2.45) is 28.7 Å². The van der Waals surface area contributed by atoms with Gasteiger partial charge >= 0.3 is 0 Å². The Balaban J connectivity index is 0.836. The van der Waals surface area contributed by atoms with Gasteiger partial charge in [-0.05, 0) is 84.4 Å². The first-order valence-electron chi connectivity index (χ1n) is 24.6. The van der Waals surface area contributed by atoms with Gasteiger partial charge in [0, 0.05) is 51.9 Å². The molecule has 2 saturated heterocycles. The first-order chi connectivity index (χ1) is 33.2. The number of hydrogen-bond acceptors (Lipinski definition) is 3. The molecule has 0 amide bonds. The number of aromatic nitrogens is 1. The Kier molecular flexibility index (Phi) is 9.36. The Morgan fingerprint density at radius 3 is 2.33 bits per heavy atom. The minimum absolute atomic E-state index is 0.0305. The second-order valence-electron chi connectivity index (χ2n) is 19.6. The van der Waals surface area contributed by atoms with Gasteiger partial charge in [0.05, 0.1) is 23.3 Å². The molecule has 0 bridgehead atoms. The zero-order valence-corrected chi connectivity index (χ0v) is 38.5. The molecule has 9 aliphatic rings. The molecular formula is C62H52N3OSi. The van der Waals surface area contributed by atoms with Gasteiger partial charge in [0.1, 0.15) is 18.0 Å². The van der Waals surface area contributed by atoms with Crippen LogP contribution < -0.4 is 5.19 Å². The van der Waals surface area contributed by atoms with Gasteiger partial charge in [0.25, 0.3) is 0 Å². The van der Waals surface area contributed by atoms with E-state index in [0.29, 0.717) is 29.8 Å². The standard InChI is InChI=1S/C62H52N3OSi/c1-4-17-41(18-5-1)59-60-58(44-19-14-24-48(38-44)67(46-20-6-2-7-21-46)47-22-8-3-9-23-47)63-62(65(59)60)42-30-34-45(35-31-42)64-54-36-33-43(39-53(54)57-49-25-11-10-16-40(49)32-37-55(57)64)50-27-15-28-52-51-26-12-13-29-56(51)66-61(50)52/h1-2,4-8,10-18,20-27,29-40,44,49,51-52,56,59-60,62H,3,9,19,28H2. The molecule has 1 aromatic heterocycles. The number of ether oxygens (including phenoxy) is 1. The van der Waals surface area contributed by atoms with Crippen LogP contribution in [0.3, 0.4) is 0 Å². The Morgan fingerprint density at radius 1 is 0.657 bits per heavy atom. The lowest BCUT2D eigenvalue weighted by Gasteiger charge is -2.26. The Labute approximate surface area is 395 Å². The fraction of sp³-hybridized carbons (Fsp3) is 0.210. The fourth-order valence-electron chi connectivity index (χ4n) is 12.7. The molecule has 0 spiro atoms. The van der Waals surface area contributed by atoms with Crippen LogP contribution in [0.15, 0.2) is 228 Å². The van der Waals surface area contributed by atoms with Gasteiger partial charge in [-0.3, -0.25) is 9.89 Å². The van der Waals surface area contributed by atoms with E-state index >= 15 is 0 Å². The molecule has 67 heavy (non-hydrogen) atoms. The van der Waals surface area contributed by atoms with Crippen LogP contribution >= 0.6 is 0 Å². The van der Waals surface area contributed by atoms with Gasteiger partial charge in [0.15, 0.2) is 8.80 Å². The van der Waals surface area contributed by atoms with Gasteiger partial charge in [-0.1, -0.05) is 192 Å². The van der Waals surface area contributed by atoms with Crippen molar-refractivity contribution in [3.63, 3.8) is 0 Å². The van der Waals surface area contributed by atoms with Crippen molar-refractivity contribution in [2.45, 2.75) is 56.0 Å². The average Bonchev–Trinajstić information content (AvgIpc) is 3.63. The molecule has 4 heterocycles. The van der Waals surface area contributed by atoms with Crippen LogP contribution in [-0.2, 0) is 4.74 Å². The molecule has 5 aromatic rings. The van der Waals surface area contributed by atoms with Crippen LogP contribution in [0.4, 0.5) is 0 Å². The maximum atomic E-state index is 6.74. The Hall–Kier alpha value is -6.79. The van der Waals surface area contributed by atoms with Gasteiger partial charge in [-0.25, -0.2) is 0 Å². The molecule has 10 unspecified atom stereocenters. The van der Waals surface area contributed by atoms with Crippen molar-refractivity contribution in [3.8, 4) is 5.69 Å². The summed E-state index contributed by atoms with van der Waals surface area (Å²) in [6.45, 7) is 0. The summed E-state index contributed by atoms with van der Waals surface area (Å²) in [4.78, 5) is 8.38. The van der Waals surface area contributed by atoms with Crippen LogP contribution in [0, 0.1) is 23.7 Å². The highest BCUT2D eigenvalue weighted by atomic mass is 28.3. The largest absolute Gasteiger partial charge is 0.489 e. The monoisotopic (exact) mass is 882 g/mol. The molecule has 0 saturated carbocycles. The van der Waals surface area contributed by atoms with Crippen molar-refractivity contribution >= 4 is 42.2 Å². The molecule has 0 N–H and O–H groups in total. The molecule has 6 aliphatic carbocycles. The number of nitrogens with zero attached hydrogens (tertiary/aromatic N) is 3. The number of aliphatic imine (C=N–C) groups is 1. The summed E-state index contributed by atoms with van der Waals surface area (Å²) in [5.41, 5.74) is 11.5. The minimum atomic E-state index is -1.14. The van der Waals surface area contributed by atoms with Crippen molar-refractivity contribution in [1.29, 1.82) is 0 Å². The van der Waals surface area contributed by atoms with Crippen molar-refractivity contribution in [3.05, 3.63) is 251 Å². The predicted molar refractivity (Wildman–Crippen MR) is 276 cm³/mol. The third kappa shape index (κ3) is 6.46. The third-order valence-electron chi connectivity index (χ3n) is 15.9. The smallest absolute Gasteiger partial charge is 0.153 e. The van der Waals surface area contributed by atoms with Crippen LogP contribution in [0.5, 0.6) is 0 Å². The molecule has 2 fully saturated rings. The normalized spacial score (nSPS) is 30.1. The zero-order chi connectivity index (χ0) is 44.0. The molecule has 1 radical (unpaired) electrons. The average molecular weight is 883 g/mol. The van der Waals surface area contributed by atoms with E-state index in [0.717, 1.165) is 31.4 Å². The quantitative estimate of drug-likeness (QED) is 0.115. The van der Waals surface area contributed by atoms with E-state index in [9.17, 15) is 0 Å². The lowest BCUT2D eigenvalue weighted by atomic mass is 9.78. The second-order valence-corrected chi connectivity index (χ2v) is 22.0. The Morgan fingerprint density at radius 2 is 1.46 bits per heavy atom. The molecule has 5 heteroatoms. The zero-order valence-electron chi connectivity index (χ0n) is 37.5.